The van der Waals surface area contributed by atoms with Gasteiger partial charge in [-0.1, -0.05) is 18.3 Å². The second-order valence-corrected chi connectivity index (χ2v) is 6.20. The number of anilines is 1. The number of imidazole rings is 1. The fourth-order valence-corrected chi connectivity index (χ4v) is 3.06. The molecule has 0 radical (unpaired) electrons. The minimum absolute atomic E-state index is 0.169. The van der Waals surface area contributed by atoms with Crippen LogP contribution in [0.5, 0.6) is 0 Å². The molecule has 25 heavy (non-hydrogen) atoms. The molecule has 10 heteroatoms. The predicted octanol–water partition coefficient (Wildman–Crippen LogP) is 2.84. The zero-order valence-corrected chi connectivity index (χ0v) is 14.1. The second kappa shape index (κ2) is 7.18. The Balaban J connectivity index is 1.85. The highest BCUT2D eigenvalue weighted by atomic mass is 32.1. The van der Waals surface area contributed by atoms with Gasteiger partial charge in [0.1, 0.15) is 10.7 Å². The molecule has 0 unspecified atom stereocenters. The molecule has 0 aliphatic carbocycles. The van der Waals surface area contributed by atoms with Crippen LogP contribution in [0.15, 0.2) is 36.9 Å². The van der Waals surface area contributed by atoms with E-state index in [2.05, 4.69) is 20.5 Å². The number of aryl methyl sites for hydroxylation is 1. The number of carbonyl (C=O) groups is 1. The van der Waals surface area contributed by atoms with E-state index in [0.29, 0.717) is 10.8 Å². The Morgan fingerprint density at radius 3 is 2.92 bits per heavy atom. The van der Waals surface area contributed by atoms with E-state index in [-0.39, 0.29) is 11.3 Å². The number of aromatic nitrogens is 4. The third-order valence-electron chi connectivity index (χ3n) is 3.37. The zero-order chi connectivity index (χ0) is 17.8. The number of nitrogens with zero attached hydrogens (tertiary/aromatic N) is 5. The standard InChI is InChI=1S/C15H14N6O3S/c1-2-3-13-18-19-15(25-13)17-14(22)10-4-5-11(12(8-10)21(23)24)20-7-6-16-9-20/h4-9H,2-3H2,1H3,(H,17,19,22). The number of amides is 1. The summed E-state index contributed by atoms with van der Waals surface area (Å²) in [5.41, 5.74) is 0.317. The molecule has 3 aromatic rings. The molecule has 0 saturated heterocycles. The molecule has 0 saturated carbocycles. The van der Waals surface area contributed by atoms with Gasteiger partial charge in [-0.05, 0) is 18.6 Å². The van der Waals surface area contributed by atoms with Gasteiger partial charge in [0.25, 0.3) is 11.6 Å². The predicted molar refractivity (Wildman–Crippen MR) is 92.1 cm³/mol. The number of nitrogens with one attached hydrogen (secondary N) is 1. The van der Waals surface area contributed by atoms with Gasteiger partial charge in [0.2, 0.25) is 5.13 Å². The molecule has 1 N–H and O–H groups in total. The highest BCUT2D eigenvalue weighted by molar-refractivity contribution is 7.15. The van der Waals surface area contributed by atoms with Gasteiger partial charge in [-0.15, -0.1) is 10.2 Å². The lowest BCUT2D eigenvalue weighted by atomic mass is 10.1. The molecule has 9 nitrogen and oxygen atoms in total. The Bertz CT molecular complexity index is 906. The summed E-state index contributed by atoms with van der Waals surface area (Å²) in [6.07, 6.45) is 6.30. The quantitative estimate of drug-likeness (QED) is 0.535. The lowest BCUT2D eigenvalue weighted by Crippen LogP contribution is -2.12. The highest BCUT2D eigenvalue weighted by Gasteiger charge is 2.19. The minimum Gasteiger partial charge on any atom is -0.300 e. The Labute approximate surface area is 146 Å². The van der Waals surface area contributed by atoms with Gasteiger partial charge in [0.15, 0.2) is 0 Å². The van der Waals surface area contributed by atoms with Crippen molar-refractivity contribution in [3.8, 4) is 5.69 Å². The van der Waals surface area contributed by atoms with Crippen LogP contribution in [-0.2, 0) is 6.42 Å². The number of hydrogen-bond acceptors (Lipinski definition) is 7. The molecule has 2 heterocycles. The topological polar surface area (TPSA) is 116 Å². The van der Waals surface area contributed by atoms with Crippen molar-refractivity contribution in [3.63, 3.8) is 0 Å². The number of nitro groups is 1. The zero-order valence-electron chi connectivity index (χ0n) is 13.2. The van der Waals surface area contributed by atoms with Crippen molar-refractivity contribution in [1.82, 2.24) is 19.7 Å². The van der Waals surface area contributed by atoms with Crippen molar-refractivity contribution in [2.75, 3.05) is 5.32 Å². The molecule has 1 amide bonds. The van der Waals surface area contributed by atoms with E-state index in [4.69, 9.17) is 0 Å². The molecular formula is C15H14N6O3S. The van der Waals surface area contributed by atoms with Crippen molar-refractivity contribution in [1.29, 1.82) is 0 Å². The molecule has 0 aliphatic heterocycles. The third kappa shape index (κ3) is 3.69. The Morgan fingerprint density at radius 2 is 2.24 bits per heavy atom. The Hall–Kier alpha value is -3.14. The van der Waals surface area contributed by atoms with E-state index >= 15 is 0 Å². The molecule has 0 atom stereocenters. The summed E-state index contributed by atoms with van der Waals surface area (Å²) >= 11 is 1.29. The highest BCUT2D eigenvalue weighted by Crippen LogP contribution is 2.25. The number of hydrogen-bond donors (Lipinski definition) is 1. The van der Waals surface area contributed by atoms with E-state index in [1.807, 2.05) is 6.92 Å². The normalized spacial score (nSPS) is 10.6. The fourth-order valence-electron chi connectivity index (χ4n) is 2.22. The molecule has 0 spiro atoms. The summed E-state index contributed by atoms with van der Waals surface area (Å²) in [5.74, 6) is -0.473. The van der Waals surface area contributed by atoms with Gasteiger partial charge in [-0.2, -0.15) is 0 Å². The van der Waals surface area contributed by atoms with Gasteiger partial charge in [0.05, 0.1) is 11.3 Å². The third-order valence-corrected chi connectivity index (χ3v) is 4.27. The first kappa shape index (κ1) is 16.7. The number of nitro benzene ring substituents is 1. The van der Waals surface area contributed by atoms with Crippen molar-refractivity contribution in [2.45, 2.75) is 19.8 Å². The maximum absolute atomic E-state index is 12.3. The van der Waals surface area contributed by atoms with Crippen LogP contribution in [0.25, 0.3) is 5.69 Å². The van der Waals surface area contributed by atoms with Crippen LogP contribution in [0.1, 0.15) is 28.7 Å². The molecule has 1 aromatic carbocycles. The average molecular weight is 358 g/mol. The number of carbonyl (C=O) groups excluding carboxylic acids is 1. The Kier molecular flexibility index (Phi) is 4.80. The van der Waals surface area contributed by atoms with Crippen LogP contribution >= 0.6 is 11.3 Å². The van der Waals surface area contributed by atoms with Crippen LogP contribution in [-0.4, -0.2) is 30.6 Å². The van der Waals surface area contributed by atoms with Crippen LogP contribution in [0.4, 0.5) is 10.8 Å². The van der Waals surface area contributed by atoms with Gasteiger partial charge in [-0.25, -0.2) is 4.98 Å². The molecule has 0 aliphatic rings. The molecule has 2 aromatic heterocycles. The summed E-state index contributed by atoms with van der Waals surface area (Å²) in [6.45, 7) is 2.03. The lowest BCUT2D eigenvalue weighted by molar-refractivity contribution is -0.384. The molecule has 128 valence electrons. The van der Waals surface area contributed by atoms with E-state index < -0.39 is 10.8 Å². The largest absolute Gasteiger partial charge is 0.300 e. The summed E-state index contributed by atoms with van der Waals surface area (Å²) < 4.78 is 1.52. The first-order chi connectivity index (χ1) is 12.1. The van der Waals surface area contributed by atoms with E-state index in [9.17, 15) is 14.9 Å². The number of benzene rings is 1. The summed E-state index contributed by atoms with van der Waals surface area (Å²) in [5, 5.41) is 23.1. The SMILES string of the molecule is CCCc1nnc(NC(=O)c2ccc(-n3ccnc3)c([N+](=O)[O-])c2)s1. The van der Waals surface area contributed by atoms with Gasteiger partial charge in [-0.3, -0.25) is 20.2 Å². The summed E-state index contributed by atoms with van der Waals surface area (Å²) in [7, 11) is 0. The first-order valence-electron chi connectivity index (χ1n) is 7.49. The smallest absolute Gasteiger partial charge is 0.294 e. The van der Waals surface area contributed by atoms with E-state index in [1.165, 1.54) is 46.6 Å². The average Bonchev–Trinajstić information content (AvgIpc) is 3.26. The Morgan fingerprint density at radius 1 is 1.40 bits per heavy atom. The van der Waals surface area contributed by atoms with Crippen molar-refractivity contribution >= 4 is 28.1 Å². The molecular weight excluding hydrogens is 344 g/mol. The van der Waals surface area contributed by atoms with Crippen LogP contribution < -0.4 is 5.32 Å². The summed E-state index contributed by atoms with van der Waals surface area (Å²) in [4.78, 5) is 27.0. The minimum atomic E-state index is -0.531. The molecule has 0 fully saturated rings. The van der Waals surface area contributed by atoms with Gasteiger partial charge >= 0.3 is 0 Å². The van der Waals surface area contributed by atoms with Crippen molar-refractivity contribution < 1.29 is 9.72 Å². The maximum Gasteiger partial charge on any atom is 0.294 e. The lowest BCUT2D eigenvalue weighted by Gasteiger charge is -2.06. The number of rotatable bonds is 6. The van der Waals surface area contributed by atoms with Gasteiger partial charge in [0, 0.05) is 30.4 Å². The monoisotopic (exact) mass is 358 g/mol. The van der Waals surface area contributed by atoms with E-state index in [0.717, 1.165) is 17.8 Å². The summed E-state index contributed by atoms with van der Waals surface area (Å²) in [6, 6.07) is 4.27. The van der Waals surface area contributed by atoms with Crippen LogP contribution in [0.2, 0.25) is 0 Å². The molecule has 3 rings (SSSR count). The van der Waals surface area contributed by atoms with Crippen molar-refractivity contribution in [2.24, 2.45) is 0 Å². The van der Waals surface area contributed by atoms with Crippen LogP contribution in [0, 0.1) is 10.1 Å². The van der Waals surface area contributed by atoms with Crippen molar-refractivity contribution in [3.05, 3.63) is 57.6 Å². The second-order valence-electron chi connectivity index (χ2n) is 5.14. The maximum atomic E-state index is 12.3. The first-order valence-corrected chi connectivity index (χ1v) is 8.30. The van der Waals surface area contributed by atoms with E-state index in [1.54, 1.807) is 6.20 Å². The van der Waals surface area contributed by atoms with Crippen LogP contribution in [0.3, 0.4) is 0 Å². The van der Waals surface area contributed by atoms with Gasteiger partial charge < -0.3 is 4.57 Å². The fraction of sp³-hybridized carbons (Fsp3) is 0.200. The molecule has 0 bridgehead atoms.